The minimum absolute atomic E-state index is 0.0537. The van der Waals surface area contributed by atoms with E-state index in [1.54, 1.807) is 0 Å². The SMILES string of the molecule is CCCN1C(=O)/C(=C/c2cc3c(cc2C)N(CC)C(C)(C)C[C@H]3C)SC1=Nc1ccccc1. The van der Waals surface area contributed by atoms with Crippen molar-refractivity contribution in [2.24, 2.45) is 4.99 Å². The number of anilines is 1. The third-order valence-corrected chi connectivity index (χ3v) is 7.70. The van der Waals surface area contributed by atoms with Gasteiger partial charge in [0.2, 0.25) is 0 Å². The van der Waals surface area contributed by atoms with Crippen molar-refractivity contribution in [2.75, 3.05) is 18.0 Å². The molecular formula is C28H35N3OS. The van der Waals surface area contributed by atoms with Crippen LogP contribution in [0.15, 0.2) is 52.4 Å². The summed E-state index contributed by atoms with van der Waals surface area (Å²) in [6.07, 6.45) is 4.09. The highest BCUT2D eigenvalue weighted by Gasteiger charge is 2.36. The van der Waals surface area contributed by atoms with Gasteiger partial charge in [0.15, 0.2) is 5.17 Å². The predicted molar refractivity (Wildman–Crippen MR) is 142 cm³/mol. The van der Waals surface area contributed by atoms with Gasteiger partial charge in [-0.3, -0.25) is 9.69 Å². The molecule has 2 aromatic rings. The monoisotopic (exact) mass is 461 g/mol. The van der Waals surface area contributed by atoms with E-state index in [1.165, 1.54) is 28.6 Å². The van der Waals surface area contributed by atoms with Crippen LogP contribution in [0.5, 0.6) is 0 Å². The first-order chi connectivity index (χ1) is 15.7. The molecular weight excluding hydrogens is 426 g/mol. The second kappa shape index (κ2) is 9.38. The molecule has 0 spiro atoms. The number of nitrogens with zero attached hydrogens (tertiary/aromatic N) is 3. The van der Waals surface area contributed by atoms with Crippen LogP contribution in [0.2, 0.25) is 0 Å². The van der Waals surface area contributed by atoms with Crippen molar-refractivity contribution in [1.82, 2.24) is 4.90 Å². The van der Waals surface area contributed by atoms with E-state index < -0.39 is 0 Å². The summed E-state index contributed by atoms with van der Waals surface area (Å²) < 4.78 is 0. The fourth-order valence-corrected chi connectivity index (χ4v) is 6.19. The summed E-state index contributed by atoms with van der Waals surface area (Å²) in [7, 11) is 0. The van der Waals surface area contributed by atoms with Crippen molar-refractivity contribution in [3.8, 4) is 0 Å². The molecule has 2 heterocycles. The molecule has 2 aromatic carbocycles. The number of hydrogen-bond acceptors (Lipinski definition) is 4. The Kier molecular flexibility index (Phi) is 6.71. The highest BCUT2D eigenvalue weighted by atomic mass is 32.2. The van der Waals surface area contributed by atoms with Crippen LogP contribution in [0.3, 0.4) is 0 Å². The van der Waals surface area contributed by atoms with Gasteiger partial charge < -0.3 is 4.90 Å². The van der Waals surface area contributed by atoms with Gasteiger partial charge in [-0.2, -0.15) is 0 Å². The summed E-state index contributed by atoms with van der Waals surface area (Å²) in [5, 5.41) is 0.766. The molecule has 2 aliphatic heterocycles. The second-order valence-corrected chi connectivity index (χ2v) is 10.7. The lowest BCUT2D eigenvalue weighted by Gasteiger charge is -2.47. The van der Waals surface area contributed by atoms with Crippen molar-refractivity contribution >= 4 is 40.3 Å². The van der Waals surface area contributed by atoms with E-state index in [-0.39, 0.29) is 11.4 Å². The number of carbonyl (C=O) groups is 1. The fraction of sp³-hybridized carbons (Fsp3) is 0.429. The molecule has 174 valence electrons. The molecule has 5 heteroatoms. The Balaban J connectivity index is 1.72. The van der Waals surface area contributed by atoms with Crippen LogP contribution >= 0.6 is 11.8 Å². The number of hydrogen-bond donors (Lipinski definition) is 0. The summed E-state index contributed by atoms with van der Waals surface area (Å²) in [6.45, 7) is 15.1. The lowest BCUT2D eigenvalue weighted by Crippen LogP contribution is -2.48. The minimum atomic E-state index is 0.0537. The average Bonchev–Trinajstić information content (AvgIpc) is 3.04. The van der Waals surface area contributed by atoms with E-state index >= 15 is 0 Å². The largest absolute Gasteiger partial charge is 0.366 e. The maximum absolute atomic E-state index is 13.3. The van der Waals surface area contributed by atoms with Crippen LogP contribution in [-0.4, -0.2) is 34.6 Å². The first-order valence-corrected chi connectivity index (χ1v) is 12.8. The second-order valence-electron chi connectivity index (χ2n) is 9.73. The number of fused-ring (bicyclic) bond motifs is 1. The van der Waals surface area contributed by atoms with E-state index in [0.717, 1.165) is 40.7 Å². The Morgan fingerprint density at radius 1 is 1.18 bits per heavy atom. The zero-order chi connectivity index (χ0) is 23.8. The Morgan fingerprint density at radius 3 is 2.58 bits per heavy atom. The van der Waals surface area contributed by atoms with Crippen LogP contribution < -0.4 is 4.90 Å². The van der Waals surface area contributed by atoms with Gasteiger partial charge in [0.25, 0.3) is 5.91 Å². The van der Waals surface area contributed by atoms with Crippen molar-refractivity contribution in [3.05, 3.63) is 64.1 Å². The van der Waals surface area contributed by atoms with E-state index in [2.05, 4.69) is 64.7 Å². The van der Waals surface area contributed by atoms with Gasteiger partial charge in [-0.05, 0) is 105 Å². The number of rotatable bonds is 5. The number of benzene rings is 2. The standard InChI is InChI=1S/C28H35N3OS/c1-7-14-30-26(32)25(33-27(30)29-22-12-10-9-11-13-22)17-21-16-23-20(4)18-28(5,6)31(8-2)24(23)15-19(21)3/h9-13,15-17,20H,7-8,14,18H2,1-6H3/b25-17-,29-27?/t20-/m1/s1. The van der Waals surface area contributed by atoms with Crippen LogP contribution in [0.1, 0.15) is 70.1 Å². The van der Waals surface area contributed by atoms with Gasteiger partial charge >= 0.3 is 0 Å². The van der Waals surface area contributed by atoms with Crippen molar-refractivity contribution in [1.29, 1.82) is 0 Å². The molecule has 0 unspecified atom stereocenters. The van der Waals surface area contributed by atoms with Crippen LogP contribution in [0.25, 0.3) is 6.08 Å². The predicted octanol–water partition coefficient (Wildman–Crippen LogP) is 7.12. The van der Waals surface area contributed by atoms with Crippen LogP contribution in [0.4, 0.5) is 11.4 Å². The first kappa shape index (κ1) is 23.6. The number of amides is 1. The molecule has 0 radical (unpaired) electrons. The molecule has 2 aliphatic rings. The van der Waals surface area contributed by atoms with Crippen molar-refractivity contribution in [3.63, 3.8) is 0 Å². The van der Waals surface area contributed by atoms with Crippen LogP contribution in [-0.2, 0) is 4.79 Å². The third kappa shape index (κ3) is 4.61. The molecule has 1 atom stereocenters. The Bertz CT molecular complexity index is 1100. The smallest absolute Gasteiger partial charge is 0.266 e. The normalized spacial score (nSPS) is 22.4. The maximum atomic E-state index is 13.3. The quantitative estimate of drug-likeness (QED) is 0.445. The van der Waals surface area contributed by atoms with Gasteiger partial charge in [0.1, 0.15) is 0 Å². The highest BCUT2D eigenvalue weighted by molar-refractivity contribution is 8.18. The Morgan fingerprint density at radius 2 is 1.91 bits per heavy atom. The lowest BCUT2D eigenvalue weighted by atomic mass is 9.79. The minimum Gasteiger partial charge on any atom is -0.366 e. The van der Waals surface area contributed by atoms with Crippen molar-refractivity contribution < 1.29 is 4.79 Å². The molecule has 0 aromatic heterocycles. The average molecular weight is 462 g/mol. The summed E-state index contributed by atoms with van der Waals surface area (Å²) >= 11 is 1.49. The van der Waals surface area contributed by atoms with Gasteiger partial charge in [-0.25, -0.2) is 4.99 Å². The summed E-state index contributed by atoms with van der Waals surface area (Å²) in [5.41, 5.74) is 6.07. The third-order valence-electron chi connectivity index (χ3n) is 6.69. The van der Waals surface area contributed by atoms with Crippen LogP contribution in [0, 0.1) is 6.92 Å². The molecule has 1 amide bonds. The zero-order valence-corrected chi connectivity index (χ0v) is 21.5. The van der Waals surface area contributed by atoms with Gasteiger partial charge in [0, 0.05) is 24.3 Å². The van der Waals surface area contributed by atoms with Crippen molar-refractivity contribution in [2.45, 2.75) is 65.8 Å². The summed E-state index contributed by atoms with van der Waals surface area (Å²) in [5.74, 6) is 0.535. The fourth-order valence-electron chi connectivity index (χ4n) is 5.17. The number of carbonyl (C=O) groups excluding carboxylic acids is 1. The summed E-state index contributed by atoms with van der Waals surface area (Å²) in [6, 6.07) is 14.5. The summed E-state index contributed by atoms with van der Waals surface area (Å²) in [4.78, 5) is 23.2. The molecule has 0 saturated carbocycles. The number of aryl methyl sites for hydroxylation is 1. The maximum Gasteiger partial charge on any atom is 0.266 e. The molecule has 33 heavy (non-hydrogen) atoms. The first-order valence-electron chi connectivity index (χ1n) is 12.0. The molecule has 4 rings (SSSR count). The van der Waals surface area contributed by atoms with E-state index in [4.69, 9.17) is 4.99 Å². The topological polar surface area (TPSA) is 35.9 Å². The van der Waals surface area contributed by atoms with E-state index in [0.29, 0.717) is 12.5 Å². The molecule has 4 nitrogen and oxygen atoms in total. The number of para-hydroxylation sites is 1. The Hall–Kier alpha value is -2.53. The molecule has 0 aliphatic carbocycles. The molecule has 1 saturated heterocycles. The number of amidine groups is 1. The van der Waals surface area contributed by atoms with Gasteiger partial charge in [0.05, 0.1) is 10.6 Å². The zero-order valence-electron chi connectivity index (χ0n) is 20.7. The highest BCUT2D eigenvalue weighted by Crippen LogP contribution is 2.45. The van der Waals surface area contributed by atoms with Gasteiger partial charge in [-0.15, -0.1) is 0 Å². The number of thioether (sulfide) groups is 1. The van der Waals surface area contributed by atoms with E-state index in [9.17, 15) is 4.79 Å². The van der Waals surface area contributed by atoms with Gasteiger partial charge in [-0.1, -0.05) is 32.0 Å². The van der Waals surface area contributed by atoms with E-state index in [1.807, 2.05) is 35.2 Å². The molecule has 0 N–H and O–H groups in total. The lowest BCUT2D eigenvalue weighted by molar-refractivity contribution is -0.122. The molecule has 1 fully saturated rings. The number of aliphatic imine (C=N–C) groups is 1. The Labute approximate surface area is 202 Å². The molecule has 0 bridgehead atoms.